The topological polar surface area (TPSA) is 41.1 Å². The van der Waals surface area contributed by atoms with Crippen molar-refractivity contribution < 1.29 is 4.79 Å². The molecule has 0 saturated heterocycles. The Morgan fingerprint density at radius 2 is 1.67 bits per heavy atom. The Morgan fingerprint density at radius 3 is 2.29 bits per heavy atom. The number of anilines is 1. The molecule has 2 N–H and O–H groups in total. The fraction of sp³-hybridized carbons (Fsp3) is 0.0667. The molecule has 0 aliphatic rings. The largest absolute Gasteiger partial charge is 0.330 e. The van der Waals surface area contributed by atoms with Crippen molar-refractivity contribution in [1.29, 1.82) is 0 Å². The minimum atomic E-state index is -0.284. The molecule has 0 radical (unpaired) electrons. The van der Waals surface area contributed by atoms with Crippen molar-refractivity contribution in [2.24, 2.45) is 0 Å². The molecule has 0 unspecified atom stereocenters. The number of thiocarbonyl (C=S) groups is 1. The van der Waals surface area contributed by atoms with Crippen molar-refractivity contribution in [2.45, 2.75) is 6.92 Å². The lowest BCUT2D eigenvalue weighted by molar-refractivity contribution is 0.0977. The number of hydrogen-bond acceptors (Lipinski definition) is 2. The molecule has 21 heavy (non-hydrogen) atoms. The predicted molar refractivity (Wildman–Crippen MR) is 91.3 cm³/mol. The van der Waals surface area contributed by atoms with Crippen molar-refractivity contribution in [3.63, 3.8) is 0 Å². The van der Waals surface area contributed by atoms with Crippen LogP contribution in [0.5, 0.6) is 0 Å². The van der Waals surface area contributed by atoms with Gasteiger partial charge in [-0.3, -0.25) is 10.1 Å². The van der Waals surface area contributed by atoms with E-state index in [1.165, 1.54) is 0 Å². The summed E-state index contributed by atoms with van der Waals surface area (Å²) in [5.41, 5.74) is 1.90. The van der Waals surface area contributed by atoms with Crippen LogP contribution in [-0.4, -0.2) is 11.0 Å². The third-order valence-electron chi connectivity index (χ3n) is 2.82. The fourth-order valence-electron chi connectivity index (χ4n) is 1.76. The van der Waals surface area contributed by atoms with Gasteiger partial charge in [-0.2, -0.15) is 0 Å². The molecule has 0 heterocycles. The first-order valence-corrected chi connectivity index (χ1v) is 7.27. The summed E-state index contributed by atoms with van der Waals surface area (Å²) in [6.07, 6.45) is 0. The molecule has 0 fully saturated rings. The van der Waals surface area contributed by atoms with E-state index in [1.807, 2.05) is 19.1 Å². The van der Waals surface area contributed by atoms with E-state index in [9.17, 15) is 4.79 Å². The Hall–Kier alpha value is -1.62. The summed E-state index contributed by atoms with van der Waals surface area (Å²) in [5, 5.41) is 6.43. The van der Waals surface area contributed by atoms with Gasteiger partial charge in [0.1, 0.15) is 0 Å². The fourth-order valence-corrected chi connectivity index (χ4v) is 2.45. The number of rotatable bonds is 2. The number of carbonyl (C=O) groups is 1. The molecule has 2 rings (SSSR count). The smallest absolute Gasteiger partial charge is 0.257 e. The molecule has 108 valence electrons. The lowest BCUT2D eigenvalue weighted by Gasteiger charge is -2.13. The molecule has 1 amide bonds. The van der Waals surface area contributed by atoms with Crippen LogP contribution in [0.2, 0.25) is 10.0 Å². The molecule has 6 heteroatoms. The number of nitrogens with one attached hydrogen (secondary N) is 2. The summed E-state index contributed by atoms with van der Waals surface area (Å²) >= 11 is 17.2. The molecule has 0 aliphatic heterocycles. The Bertz CT molecular complexity index is 684. The maximum absolute atomic E-state index is 12.1. The maximum Gasteiger partial charge on any atom is 0.257 e. The summed E-state index contributed by atoms with van der Waals surface area (Å²) < 4.78 is 0. The summed E-state index contributed by atoms with van der Waals surface area (Å²) in [6, 6.07) is 12.3. The summed E-state index contributed by atoms with van der Waals surface area (Å²) in [6.45, 7) is 1.86. The summed E-state index contributed by atoms with van der Waals surface area (Å²) in [7, 11) is 0. The van der Waals surface area contributed by atoms with Crippen LogP contribution in [0.25, 0.3) is 0 Å². The quantitative estimate of drug-likeness (QED) is 0.796. The highest BCUT2D eigenvalue weighted by Gasteiger charge is 2.12. The highest BCUT2D eigenvalue weighted by Crippen LogP contribution is 2.29. The lowest BCUT2D eigenvalue weighted by Crippen LogP contribution is -2.34. The summed E-state index contributed by atoms with van der Waals surface area (Å²) in [5.74, 6) is -0.284. The third-order valence-corrected chi connectivity index (χ3v) is 3.65. The van der Waals surface area contributed by atoms with Crippen LogP contribution in [0.4, 0.5) is 5.69 Å². The van der Waals surface area contributed by atoms with Gasteiger partial charge in [-0.05, 0) is 42.9 Å². The number of para-hydroxylation sites is 1. The van der Waals surface area contributed by atoms with Crippen LogP contribution >= 0.6 is 35.4 Å². The van der Waals surface area contributed by atoms with Crippen LogP contribution in [-0.2, 0) is 0 Å². The molecule has 0 bridgehead atoms. The van der Waals surface area contributed by atoms with E-state index in [0.29, 0.717) is 21.3 Å². The van der Waals surface area contributed by atoms with Gasteiger partial charge in [0.25, 0.3) is 5.91 Å². The van der Waals surface area contributed by atoms with E-state index >= 15 is 0 Å². The van der Waals surface area contributed by atoms with E-state index in [1.54, 1.807) is 30.3 Å². The summed E-state index contributed by atoms with van der Waals surface area (Å²) in [4.78, 5) is 12.1. The van der Waals surface area contributed by atoms with Crippen molar-refractivity contribution in [3.05, 3.63) is 63.6 Å². The lowest BCUT2D eigenvalue weighted by atomic mass is 10.1. The van der Waals surface area contributed by atoms with Crippen molar-refractivity contribution in [1.82, 2.24) is 5.32 Å². The standard InChI is InChI=1S/C15H12Cl2N2OS/c1-9-5-2-3-6-10(9)14(20)19-15(21)18-13-11(16)7-4-8-12(13)17/h2-8H,1H3,(H2,18,19,20,21). The Morgan fingerprint density at radius 1 is 1.05 bits per heavy atom. The Kier molecular flexibility index (Phi) is 5.17. The molecule has 0 spiro atoms. The normalized spacial score (nSPS) is 10.0. The number of amides is 1. The maximum atomic E-state index is 12.1. The second-order valence-electron chi connectivity index (χ2n) is 4.32. The first-order chi connectivity index (χ1) is 9.99. The van der Waals surface area contributed by atoms with E-state index in [0.717, 1.165) is 5.56 Å². The molecule has 0 saturated carbocycles. The highest BCUT2D eigenvalue weighted by atomic mass is 35.5. The average molecular weight is 339 g/mol. The van der Waals surface area contributed by atoms with Gasteiger partial charge in [0, 0.05) is 5.56 Å². The number of carbonyl (C=O) groups excluding carboxylic acids is 1. The minimum Gasteiger partial charge on any atom is -0.330 e. The van der Waals surface area contributed by atoms with Crippen molar-refractivity contribution >= 4 is 52.1 Å². The second-order valence-corrected chi connectivity index (χ2v) is 5.54. The first-order valence-electron chi connectivity index (χ1n) is 6.11. The van der Waals surface area contributed by atoms with Gasteiger partial charge in [-0.15, -0.1) is 0 Å². The van der Waals surface area contributed by atoms with Crippen LogP contribution in [0.15, 0.2) is 42.5 Å². The van der Waals surface area contributed by atoms with Gasteiger partial charge < -0.3 is 5.32 Å². The van der Waals surface area contributed by atoms with Crippen LogP contribution < -0.4 is 10.6 Å². The molecule has 0 atom stereocenters. The zero-order valence-electron chi connectivity index (χ0n) is 11.1. The monoisotopic (exact) mass is 338 g/mol. The third kappa shape index (κ3) is 3.94. The molecule has 2 aromatic rings. The number of hydrogen-bond donors (Lipinski definition) is 2. The van der Waals surface area contributed by atoms with Crippen LogP contribution in [0.1, 0.15) is 15.9 Å². The van der Waals surface area contributed by atoms with Crippen molar-refractivity contribution in [2.75, 3.05) is 5.32 Å². The van der Waals surface area contributed by atoms with E-state index in [4.69, 9.17) is 35.4 Å². The first kappa shape index (κ1) is 15.8. The number of halogens is 2. The predicted octanol–water partition coefficient (Wildman–Crippen LogP) is 4.43. The Balaban J connectivity index is 2.09. The van der Waals surface area contributed by atoms with Gasteiger partial charge in [0.15, 0.2) is 5.11 Å². The van der Waals surface area contributed by atoms with Crippen molar-refractivity contribution in [3.8, 4) is 0 Å². The van der Waals surface area contributed by atoms with Gasteiger partial charge in [0.05, 0.1) is 15.7 Å². The van der Waals surface area contributed by atoms with Gasteiger partial charge in [-0.25, -0.2) is 0 Å². The number of benzene rings is 2. The number of aryl methyl sites for hydroxylation is 1. The Labute approximate surface area is 138 Å². The zero-order valence-corrected chi connectivity index (χ0v) is 13.4. The van der Waals surface area contributed by atoms with Gasteiger partial charge in [0.2, 0.25) is 0 Å². The SMILES string of the molecule is Cc1ccccc1C(=O)NC(=S)Nc1c(Cl)cccc1Cl. The van der Waals surface area contributed by atoms with Gasteiger partial charge >= 0.3 is 0 Å². The average Bonchev–Trinajstić information content (AvgIpc) is 2.43. The molecular formula is C15H12Cl2N2OS. The van der Waals surface area contributed by atoms with Gasteiger partial charge in [-0.1, -0.05) is 47.5 Å². The molecule has 0 aromatic heterocycles. The molecule has 3 nitrogen and oxygen atoms in total. The van der Waals surface area contributed by atoms with E-state index in [-0.39, 0.29) is 11.0 Å². The zero-order chi connectivity index (χ0) is 15.4. The second kappa shape index (κ2) is 6.89. The van der Waals surface area contributed by atoms with E-state index in [2.05, 4.69) is 10.6 Å². The van der Waals surface area contributed by atoms with E-state index < -0.39 is 0 Å². The molecule has 0 aliphatic carbocycles. The van der Waals surface area contributed by atoms with Crippen LogP contribution in [0.3, 0.4) is 0 Å². The molecular weight excluding hydrogens is 327 g/mol. The highest BCUT2D eigenvalue weighted by molar-refractivity contribution is 7.80. The minimum absolute atomic E-state index is 0.137. The van der Waals surface area contributed by atoms with Crippen LogP contribution in [0, 0.1) is 6.92 Å². The molecule has 2 aromatic carbocycles.